The SMILES string of the molecule is COc1cccc(C(O)CN(C)C(=O)c2cc(-c3ccc(F)c(C)c3)n(C)n2)c1. The molecule has 0 saturated heterocycles. The summed E-state index contributed by atoms with van der Waals surface area (Å²) in [6, 6.07) is 13.5. The maximum Gasteiger partial charge on any atom is 0.274 e. The first kappa shape index (κ1) is 20.5. The van der Waals surface area contributed by atoms with E-state index in [4.69, 9.17) is 4.74 Å². The number of aryl methyl sites for hydroxylation is 2. The molecular weight excluding hydrogens is 373 g/mol. The molecular formula is C22H24FN3O3. The average molecular weight is 397 g/mol. The van der Waals surface area contributed by atoms with Gasteiger partial charge in [0.2, 0.25) is 0 Å². The summed E-state index contributed by atoms with van der Waals surface area (Å²) in [6.07, 6.45) is -0.859. The van der Waals surface area contributed by atoms with Crippen molar-refractivity contribution in [2.45, 2.75) is 13.0 Å². The highest BCUT2D eigenvalue weighted by Gasteiger charge is 2.21. The molecule has 0 bridgehead atoms. The van der Waals surface area contributed by atoms with Crippen molar-refractivity contribution in [3.8, 4) is 17.0 Å². The van der Waals surface area contributed by atoms with Crippen LogP contribution in [0.4, 0.5) is 4.39 Å². The molecule has 1 heterocycles. The molecule has 0 spiro atoms. The van der Waals surface area contributed by atoms with E-state index in [-0.39, 0.29) is 24.0 Å². The molecule has 2 aromatic carbocycles. The van der Waals surface area contributed by atoms with Crippen LogP contribution in [0.25, 0.3) is 11.3 Å². The van der Waals surface area contributed by atoms with E-state index >= 15 is 0 Å². The monoisotopic (exact) mass is 397 g/mol. The third-order valence-corrected chi connectivity index (χ3v) is 4.82. The minimum Gasteiger partial charge on any atom is -0.497 e. The zero-order valence-electron chi connectivity index (χ0n) is 16.9. The summed E-state index contributed by atoms with van der Waals surface area (Å²) in [5.74, 6) is 0.0469. The number of benzene rings is 2. The number of aliphatic hydroxyl groups is 1. The highest BCUT2D eigenvalue weighted by molar-refractivity contribution is 5.93. The number of ether oxygens (including phenoxy) is 1. The van der Waals surface area contributed by atoms with Crippen molar-refractivity contribution < 1.29 is 19.0 Å². The molecule has 29 heavy (non-hydrogen) atoms. The molecule has 0 saturated carbocycles. The van der Waals surface area contributed by atoms with Crippen molar-refractivity contribution in [3.63, 3.8) is 0 Å². The molecule has 7 heteroatoms. The number of nitrogens with zero attached hydrogens (tertiary/aromatic N) is 3. The number of carbonyl (C=O) groups is 1. The Bertz CT molecular complexity index is 1030. The van der Waals surface area contributed by atoms with Gasteiger partial charge in [-0.3, -0.25) is 9.48 Å². The first-order valence-corrected chi connectivity index (χ1v) is 9.18. The molecule has 3 aromatic rings. The molecule has 1 aromatic heterocycles. The summed E-state index contributed by atoms with van der Waals surface area (Å²) in [6.45, 7) is 1.79. The molecule has 0 fully saturated rings. The number of rotatable bonds is 6. The lowest BCUT2D eigenvalue weighted by molar-refractivity contribution is 0.0674. The summed E-state index contributed by atoms with van der Waals surface area (Å²) in [5, 5.41) is 14.8. The number of amides is 1. The average Bonchev–Trinajstić information content (AvgIpc) is 3.11. The lowest BCUT2D eigenvalue weighted by atomic mass is 10.1. The van der Waals surface area contributed by atoms with Gasteiger partial charge < -0.3 is 14.7 Å². The van der Waals surface area contributed by atoms with E-state index in [2.05, 4.69) is 5.10 Å². The first-order valence-electron chi connectivity index (χ1n) is 9.18. The van der Waals surface area contributed by atoms with Crippen LogP contribution in [0.15, 0.2) is 48.5 Å². The molecule has 0 radical (unpaired) electrons. The van der Waals surface area contributed by atoms with Gasteiger partial charge in [0.1, 0.15) is 11.6 Å². The number of likely N-dealkylation sites (N-methyl/N-ethyl adjacent to an activating group) is 1. The molecule has 0 aliphatic heterocycles. The van der Waals surface area contributed by atoms with E-state index in [0.717, 1.165) is 5.56 Å². The largest absolute Gasteiger partial charge is 0.497 e. The Morgan fingerprint density at radius 3 is 2.72 bits per heavy atom. The molecule has 1 unspecified atom stereocenters. The number of halogens is 1. The van der Waals surface area contributed by atoms with E-state index < -0.39 is 6.10 Å². The van der Waals surface area contributed by atoms with Crippen LogP contribution in [0.3, 0.4) is 0 Å². The van der Waals surface area contributed by atoms with Crippen LogP contribution in [0.1, 0.15) is 27.7 Å². The van der Waals surface area contributed by atoms with Crippen molar-refractivity contribution in [1.29, 1.82) is 0 Å². The van der Waals surface area contributed by atoms with E-state index in [1.807, 2.05) is 0 Å². The van der Waals surface area contributed by atoms with E-state index in [1.165, 1.54) is 11.0 Å². The molecule has 1 amide bonds. The predicted octanol–water partition coefficient (Wildman–Crippen LogP) is 3.35. The lowest BCUT2D eigenvalue weighted by Crippen LogP contribution is -2.31. The standard InChI is InChI=1S/C22H24FN3O3/c1-14-10-15(8-9-18(14)23)20-12-19(24-26(20)3)22(28)25(2)13-21(27)16-6-5-7-17(11-16)29-4/h5-12,21,27H,13H2,1-4H3. The Hall–Kier alpha value is -3.19. The number of aromatic nitrogens is 2. The van der Waals surface area contributed by atoms with Gasteiger partial charge in [0.15, 0.2) is 5.69 Å². The number of methoxy groups -OCH3 is 1. The van der Waals surface area contributed by atoms with Gasteiger partial charge in [-0.1, -0.05) is 12.1 Å². The lowest BCUT2D eigenvalue weighted by Gasteiger charge is -2.20. The first-order chi connectivity index (χ1) is 13.8. The zero-order valence-corrected chi connectivity index (χ0v) is 16.9. The third kappa shape index (κ3) is 4.46. The summed E-state index contributed by atoms with van der Waals surface area (Å²) < 4.78 is 20.3. The van der Waals surface area contributed by atoms with Gasteiger partial charge in [-0.15, -0.1) is 0 Å². The van der Waals surface area contributed by atoms with Gasteiger partial charge in [0, 0.05) is 19.7 Å². The smallest absolute Gasteiger partial charge is 0.274 e. The van der Waals surface area contributed by atoms with Gasteiger partial charge in [0.05, 0.1) is 25.5 Å². The molecule has 1 N–H and O–H groups in total. The van der Waals surface area contributed by atoms with Gasteiger partial charge in [-0.2, -0.15) is 5.10 Å². The van der Waals surface area contributed by atoms with Crippen molar-refractivity contribution in [2.24, 2.45) is 7.05 Å². The number of carbonyl (C=O) groups excluding carboxylic acids is 1. The summed E-state index contributed by atoms with van der Waals surface area (Å²) >= 11 is 0. The maximum absolute atomic E-state index is 13.5. The second-order valence-corrected chi connectivity index (χ2v) is 6.98. The van der Waals surface area contributed by atoms with Gasteiger partial charge in [-0.25, -0.2) is 4.39 Å². The quantitative estimate of drug-likeness (QED) is 0.693. The molecule has 1 atom stereocenters. The molecule has 0 aliphatic carbocycles. The van der Waals surface area contributed by atoms with Crippen LogP contribution in [-0.4, -0.2) is 46.4 Å². The number of aliphatic hydroxyl groups excluding tert-OH is 1. The summed E-state index contributed by atoms with van der Waals surface area (Å²) in [5.41, 5.74) is 2.92. The van der Waals surface area contributed by atoms with E-state index in [9.17, 15) is 14.3 Å². The Morgan fingerprint density at radius 1 is 1.28 bits per heavy atom. The fraction of sp³-hybridized carbons (Fsp3) is 0.273. The zero-order chi connectivity index (χ0) is 21.1. The van der Waals surface area contributed by atoms with Crippen molar-refractivity contribution >= 4 is 5.91 Å². The Labute approximate surface area is 169 Å². The molecule has 6 nitrogen and oxygen atoms in total. The Morgan fingerprint density at radius 2 is 2.03 bits per heavy atom. The third-order valence-electron chi connectivity index (χ3n) is 4.82. The van der Waals surface area contributed by atoms with Crippen molar-refractivity contribution in [2.75, 3.05) is 20.7 Å². The highest BCUT2D eigenvalue weighted by Crippen LogP contribution is 2.24. The molecule has 152 valence electrons. The van der Waals surface area contributed by atoms with Crippen molar-refractivity contribution in [3.05, 3.63) is 71.2 Å². The van der Waals surface area contributed by atoms with Crippen LogP contribution < -0.4 is 4.74 Å². The highest BCUT2D eigenvalue weighted by atomic mass is 19.1. The predicted molar refractivity (Wildman–Crippen MR) is 108 cm³/mol. The number of hydrogen-bond donors (Lipinski definition) is 1. The fourth-order valence-corrected chi connectivity index (χ4v) is 3.14. The minimum atomic E-state index is -0.859. The number of hydrogen-bond acceptors (Lipinski definition) is 4. The minimum absolute atomic E-state index is 0.105. The molecule has 3 rings (SSSR count). The van der Waals surface area contributed by atoms with Gasteiger partial charge >= 0.3 is 0 Å². The topological polar surface area (TPSA) is 67.6 Å². The summed E-state index contributed by atoms with van der Waals surface area (Å²) in [4.78, 5) is 14.2. The Kier molecular flexibility index (Phi) is 5.98. The maximum atomic E-state index is 13.5. The van der Waals surface area contributed by atoms with E-state index in [1.54, 1.807) is 75.3 Å². The second-order valence-electron chi connectivity index (χ2n) is 6.98. The van der Waals surface area contributed by atoms with Crippen LogP contribution in [0.2, 0.25) is 0 Å². The normalized spacial score (nSPS) is 11.9. The van der Waals surface area contributed by atoms with Crippen LogP contribution in [0, 0.1) is 12.7 Å². The van der Waals surface area contributed by atoms with E-state index in [0.29, 0.717) is 22.6 Å². The van der Waals surface area contributed by atoms with Gasteiger partial charge in [-0.05, 0) is 54.4 Å². The molecule has 0 aliphatic rings. The Balaban J connectivity index is 1.76. The summed E-state index contributed by atoms with van der Waals surface area (Å²) in [7, 11) is 4.90. The van der Waals surface area contributed by atoms with Crippen LogP contribution >= 0.6 is 0 Å². The van der Waals surface area contributed by atoms with Crippen LogP contribution in [-0.2, 0) is 7.05 Å². The van der Waals surface area contributed by atoms with Crippen LogP contribution in [0.5, 0.6) is 5.75 Å². The second kappa shape index (κ2) is 8.45. The van der Waals surface area contributed by atoms with Gasteiger partial charge in [0.25, 0.3) is 5.91 Å². The fourth-order valence-electron chi connectivity index (χ4n) is 3.14. The van der Waals surface area contributed by atoms with Crippen molar-refractivity contribution in [1.82, 2.24) is 14.7 Å².